The summed E-state index contributed by atoms with van der Waals surface area (Å²) >= 11 is 8.12. The summed E-state index contributed by atoms with van der Waals surface area (Å²) in [4.78, 5) is 0. The molecule has 6 heteroatoms. The third kappa shape index (κ3) is 3.22. The third-order valence-electron chi connectivity index (χ3n) is 1.52. The molecular weight excluding hydrogens is 316 g/mol. The van der Waals surface area contributed by atoms with Crippen LogP contribution in [0.2, 0.25) is 5.02 Å². The maximum absolute atomic E-state index is 8.31. The van der Waals surface area contributed by atoms with Gasteiger partial charge in [-0.3, -0.25) is 0 Å². The lowest BCUT2D eigenvalue weighted by atomic mass is 10.3. The van der Waals surface area contributed by atoms with Crippen molar-refractivity contribution in [1.82, 2.24) is 0 Å². The molecule has 1 aromatic rings. The fourth-order valence-corrected chi connectivity index (χ4v) is 1.78. The number of amidine groups is 1. The van der Waals surface area contributed by atoms with Crippen molar-refractivity contribution < 1.29 is 5.21 Å². The zero-order chi connectivity index (χ0) is 10.6. The first-order chi connectivity index (χ1) is 6.63. The van der Waals surface area contributed by atoms with Gasteiger partial charge in [0.2, 0.25) is 0 Å². The number of hydrogen-bond donors (Lipinski definition) is 3. The quantitative estimate of drug-likeness (QED) is 0.262. The summed E-state index contributed by atoms with van der Waals surface area (Å²) in [6, 6.07) is 5.59. The predicted molar refractivity (Wildman–Crippen MR) is 66.1 cm³/mol. The van der Waals surface area contributed by atoms with Crippen LogP contribution in [0.5, 0.6) is 0 Å². The van der Waals surface area contributed by atoms with E-state index >= 15 is 0 Å². The van der Waals surface area contributed by atoms with Crippen LogP contribution in [0, 0.1) is 3.57 Å². The Hall–Kier alpha value is -0.690. The molecule has 0 spiro atoms. The zero-order valence-corrected chi connectivity index (χ0v) is 10.1. The molecule has 0 aliphatic heterocycles. The van der Waals surface area contributed by atoms with Gasteiger partial charge in [0.25, 0.3) is 0 Å². The number of nitrogens with zero attached hydrogens (tertiary/aromatic N) is 1. The van der Waals surface area contributed by atoms with Gasteiger partial charge in [-0.2, -0.15) is 0 Å². The number of rotatable bonds is 3. The smallest absolute Gasteiger partial charge is 0.158 e. The van der Waals surface area contributed by atoms with Gasteiger partial charge in [0, 0.05) is 3.57 Å². The molecule has 0 saturated heterocycles. The van der Waals surface area contributed by atoms with Gasteiger partial charge in [-0.15, -0.1) is 0 Å². The monoisotopic (exact) mass is 325 g/mol. The minimum absolute atomic E-state index is 0.111. The van der Waals surface area contributed by atoms with E-state index in [1.165, 1.54) is 0 Å². The van der Waals surface area contributed by atoms with Crippen molar-refractivity contribution in [1.29, 1.82) is 0 Å². The molecule has 0 aromatic heterocycles. The van der Waals surface area contributed by atoms with E-state index in [9.17, 15) is 0 Å². The van der Waals surface area contributed by atoms with Gasteiger partial charge >= 0.3 is 0 Å². The fraction of sp³-hybridized carbons (Fsp3) is 0.125. The average molecular weight is 326 g/mol. The second-order valence-corrected chi connectivity index (χ2v) is 4.22. The van der Waals surface area contributed by atoms with Crippen molar-refractivity contribution in [2.45, 2.75) is 0 Å². The zero-order valence-electron chi connectivity index (χ0n) is 7.17. The molecule has 0 unspecified atom stereocenters. The Morgan fingerprint density at radius 1 is 1.64 bits per heavy atom. The summed E-state index contributed by atoms with van der Waals surface area (Å²) < 4.78 is 1.06. The number of oxime groups is 1. The summed E-state index contributed by atoms with van der Waals surface area (Å²) in [6.45, 7) is 0.261. The van der Waals surface area contributed by atoms with Gasteiger partial charge in [-0.25, -0.2) is 0 Å². The summed E-state index contributed by atoms with van der Waals surface area (Å²) in [5.41, 5.74) is 6.06. The summed E-state index contributed by atoms with van der Waals surface area (Å²) in [7, 11) is 0. The number of halogens is 2. The van der Waals surface area contributed by atoms with E-state index in [4.69, 9.17) is 22.5 Å². The van der Waals surface area contributed by atoms with E-state index in [1.807, 2.05) is 18.2 Å². The normalized spacial score (nSPS) is 11.4. The van der Waals surface area contributed by atoms with Gasteiger partial charge in [0.15, 0.2) is 5.84 Å². The topological polar surface area (TPSA) is 70.6 Å². The SMILES string of the molecule is N/C(CNc1ccc(I)cc1Cl)=N/O. The van der Waals surface area contributed by atoms with Crippen LogP contribution in [0.3, 0.4) is 0 Å². The number of hydrogen-bond acceptors (Lipinski definition) is 3. The first-order valence-electron chi connectivity index (χ1n) is 3.79. The van der Waals surface area contributed by atoms with Gasteiger partial charge < -0.3 is 16.3 Å². The molecule has 0 heterocycles. The lowest BCUT2D eigenvalue weighted by Crippen LogP contribution is -2.22. The van der Waals surface area contributed by atoms with Crippen LogP contribution in [0.1, 0.15) is 0 Å². The van der Waals surface area contributed by atoms with Crippen molar-refractivity contribution >= 4 is 45.7 Å². The van der Waals surface area contributed by atoms with E-state index in [0.717, 1.165) is 9.26 Å². The molecule has 1 aromatic carbocycles. The van der Waals surface area contributed by atoms with Crippen molar-refractivity contribution in [3.05, 3.63) is 26.8 Å². The Morgan fingerprint density at radius 3 is 2.93 bits per heavy atom. The first-order valence-corrected chi connectivity index (χ1v) is 5.24. The summed E-state index contributed by atoms with van der Waals surface area (Å²) in [6.07, 6.45) is 0. The van der Waals surface area contributed by atoms with E-state index in [0.29, 0.717) is 5.02 Å². The maximum Gasteiger partial charge on any atom is 0.158 e. The highest BCUT2D eigenvalue weighted by atomic mass is 127. The number of anilines is 1. The van der Waals surface area contributed by atoms with Crippen LogP contribution in [-0.2, 0) is 0 Å². The molecule has 4 N–H and O–H groups in total. The molecule has 0 aliphatic rings. The minimum atomic E-state index is 0.111. The molecule has 0 bridgehead atoms. The molecule has 0 amide bonds. The highest BCUT2D eigenvalue weighted by molar-refractivity contribution is 14.1. The molecule has 0 atom stereocenters. The Kier molecular flexibility index (Phi) is 4.27. The highest BCUT2D eigenvalue weighted by Crippen LogP contribution is 2.23. The molecular formula is C8H9ClIN3O. The molecule has 14 heavy (non-hydrogen) atoms. The average Bonchev–Trinajstić information content (AvgIpc) is 2.16. The summed E-state index contributed by atoms with van der Waals surface area (Å²) in [5.74, 6) is 0.111. The lowest BCUT2D eigenvalue weighted by Gasteiger charge is -2.07. The van der Waals surface area contributed by atoms with E-state index in [-0.39, 0.29) is 12.4 Å². The van der Waals surface area contributed by atoms with Crippen LogP contribution >= 0.6 is 34.2 Å². The Morgan fingerprint density at radius 2 is 2.36 bits per heavy atom. The molecule has 0 saturated carbocycles. The number of nitrogens with two attached hydrogens (primary N) is 1. The van der Waals surface area contributed by atoms with Crippen LogP contribution in [0.4, 0.5) is 5.69 Å². The molecule has 0 fully saturated rings. The van der Waals surface area contributed by atoms with Crippen molar-refractivity contribution in [2.75, 3.05) is 11.9 Å². The minimum Gasteiger partial charge on any atom is -0.409 e. The second-order valence-electron chi connectivity index (χ2n) is 2.57. The Balaban J connectivity index is 2.68. The van der Waals surface area contributed by atoms with Crippen molar-refractivity contribution in [3.8, 4) is 0 Å². The predicted octanol–water partition coefficient (Wildman–Crippen LogP) is 2.10. The van der Waals surface area contributed by atoms with Gasteiger partial charge in [-0.05, 0) is 40.8 Å². The molecule has 76 valence electrons. The third-order valence-corrected chi connectivity index (χ3v) is 2.50. The molecule has 0 radical (unpaired) electrons. The Labute approximate surface area is 100 Å². The summed E-state index contributed by atoms with van der Waals surface area (Å²) in [5, 5.41) is 14.7. The highest BCUT2D eigenvalue weighted by Gasteiger charge is 2.00. The first kappa shape index (κ1) is 11.4. The Bertz CT molecular complexity index is 356. The number of nitrogens with one attached hydrogen (secondary N) is 1. The molecule has 1 rings (SSSR count). The van der Waals surface area contributed by atoms with Crippen molar-refractivity contribution in [2.24, 2.45) is 10.9 Å². The second kappa shape index (κ2) is 5.26. The van der Waals surface area contributed by atoms with Crippen LogP contribution in [0.25, 0.3) is 0 Å². The lowest BCUT2D eigenvalue weighted by molar-refractivity contribution is 0.317. The van der Waals surface area contributed by atoms with Crippen molar-refractivity contribution in [3.63, 3.8) is 0 Å². The fourth-order valence-electron chi connectivity index (χ4n) is 0.854. The van der Waals surface area contributed by atoms with Crippen LogP contribution in [-0.4, -0.2) is 17.6 Å². The van der Waals surface area contributed by atoms with Gasteiger partial charge in [0.05, 0.1) is 17.3 Å². The van der Waals surface area contributed by atoms with Gasteiger partial charge in [0.1, 0.15) is 0 Å². The van der Waals surface area contributed by atoms with E-state index in [2.05, 4.69) is 33.1 Å². The van der Waals surface area contributed by atoms with E-state index in [1.54, 1.807) is 0 Å². The largest absolute Gasteiger partial charge is 0.409 e. The molecule has 4 nitrogen and oxygen atoms in total. The van der Waals surface area contributed by atoms with E-state index < -0.39 is 0 Å². The standard InChI is InChI=1S/C8H9ClIN3O/c9-6-3-5(10)1-2-7(6)12-4-8(11)13-14/h1-3,12,14H,4H2,(H2,11,13). The maximum atomic E-state index is 8.31. The van der Waals surface area contributed by atoms with Crippen LogP contribution in [0.15, 0.2) is 23.4 Å². The molecule has 0 aliphatic carbocycles. The van der Waals surface area contributed by atoms with Crippen LogP contribution < -0.4 is 11.1 Å². The van der Waals surface area contributed by atoms with Gasteiger partial charge in [-0.1, -0.05) is 16.8 Å². The number of benzene rings is 1.